The summed E-state index contributed by atoms with van der Waals surface area (Å²) in [7, 11) is 0. The summed E-state index contributed by atoms with van der Waals surface area (Å²) in [4.78, 5) is 37.6. The Labute approximate surface area is 159 Å². The Bertz CT molecular complexity index is 797. The fourth-order valence-electron chi connectivity index (χ4n) is 3.58. The third kappa shape index (κ3) is 4.50. The molecule has 1 aromatic rings. The summed E-state index contributed by atoms with van der Waals surface area (Å²) in [6.45, 7) is 0.450. The van der Waals surface area contributed by atoms with Gasteiger partial charge in [0.15, 0.2) is 0 Å². The van der Waals surface area contributed by atoms with Crippen LogP contribution in [-0.4, -0.2) is 47.4 Å². The molecular weight excluding hydrogens is 377 g/mol. The Morgan fingerprint density at radius 2 is 2.04 bits per heavy atom. The number of piperidine rings is 1. The fraction of sp³-hybridized carbons (Fsp3) is 0.500. The minimum absolute atomic E-state index is 0.0199. The molecule has 152 valence electrons. The molecule has 2 aliphatic heterocycles. The van der Waals surface area contributed by atoms with Crippen LogP contribution in [-0.2, 0) is 22.7 Å². The smallest absolute Gasteiger partial charge is 0.326 e. The molecule has 0 aromatic heterocycles. The van der Waals surface area contributed by atoms with Crippen LogP contribution >= 0.6 is 0 Å². The number of fused-ring (bicyclic) bond motifs is 1. The van der Waals surface area contributed by atoms with Gasteiger partial charge in [-0.25, -0.2) is 0 Å². The van der Waals surface area contributed by atoms with Crippen LogP contribution in [0.4, 0.5) is 13.2 Å². The Hall–Kier alpha value is -2.46. The maximum atomic E-state index is 12.7. The summed E-state index contributed by atoms with van der Waals surface area (Å²) in [6, 6.07) is 3.36. The van der Waals surface area contributed by atoms with Gasteiger partial charge in [0.2, 0.25) is 11.8 Å². The van der Waals surface area contributed by atoms with Crippen LogP contribution in [0.25, 0.3) is 0 Å². The van der Waals surface area contributed by atoms with Crippen LogP contribution in [0.1, 0.15) is 40.7 Å². The van der Waals surface area contributed by atoms with Crippen LogP contribution in [0.3, 0.4) is 0 Å². The number of carbonyl (C=O) groups excluding carboxylic acids is 3. The number of alkyl halides is 3. The highest BCUT2D eigenvalue weighted by atomic mass is 19.4. The predicted molar refractivity (Wildman–Crippen MR) is 92.8 cm³/mol. The van der Waals surface area contributed by atoms with Crippen LogP contribution in [0.5, 0.6) is 0 Å². The number of carbonyl (C=O) groups is 3. The molecule has 1 fully saturated rings. The van der Waals surface area contributed by atoms with Crippen LogP contribution in [0.2, 0.25) is 0 Å². The minimum atomic E-state index is -4.32. The van der Waals surface area contributed by atoms with Gasteiger partial charge in [-0.2, -0.15) is 13.2 Å². The van der Waals surface area contributed by atoms with Crippen LogP contribution < -0.4 is 16.4 Å². The lowest BCUT2D eigenvalue weighted by Crippen LogP contribution is -2.52. The number of benzene rings is 1. The molecule has 1 aromatic carbocycles. The molecule has 3 rings (SSSR count). The van der Waals surface area contributed by atoms with E-state index in [1.54, 1.807) is 18.2 Å². The van der Waals surface area contributed by atoms with Crippen LogP contribution in [0, 0.1) is 0 Å². The molecule has 10 heteroatoms. The average molecular weight is 398 g/mol. The lowest BCUT2D eigenvalue weighted by molar-refractivity contribution is -0.138. The second-order valence-electron chi connectivity index (χ2n) is 7.05. The SMILES string of the molecule is NC(CNCc1cccc2c1CN(C1CCC(=O)NC1=O)C2=O)CC(F)(F)F. The van der Waals surface area contributed by atoms with E-state index in [-0.39, 0.29) is 44.3 Å². The van der Waals surface area contributed by atoms with Crippen molar-refractivity contribution >= 4 is 17.7 Å². The van der Waals surface area contributed by atoms with Crippen molar-refractivity contribution in [3.05, 3.63) is 34.9 Å². The van der Waals surface area contributed by atoms with E-state index in [1.807, 2.05) is 0 Å². The number of nitrogens with two attached hydrogens (primary N) is 1. The first kappa shape index (κ1) is 20.3. The number of hydrogen-bond donors (Lipinski definition) is 3. The van der Waals surface area contributed by atoms with Crippen molar-refractivity contribution in [2.24, 2.45) is 5.73 Å². The monoisotopic (exact) mass is 398 g/mol. The van der Waals surface area contributed by atoms with Gasteiger partial charge < -0.3 is 16.0 Å². The highest BCUT2D eigenvalue weighted by Crippen LogP contribution is 2.29. The third-order valence-electron chi connectivity index (χ3n) is 4.89. The Morgan fingerprint density at radius 1 is 1.29 bits per heavy atom. The minimum Gasteiger partial charge on any atom is -0.326 e. The van der Waals surface area contributed by atoms with E-state index in [4.69, 9.17) is 5.73 Å². The van der Waals surface area contributed by atoms with Gasteiger partial charge in [-0.1, -0.05) is 12.1 Å². The molecule has 0 spiro atoms. The molecule has 1 saturated heterocycles. The molecule has 2 heterocycles. The number of imide groups is 1. The Balaban J connectivity index is 1.65. The molecule has 0 radical (unpaired) electrons. The Kier molecular flexibility index (Phi) is 5.71. The molecular formula is C18H21F3N4O3. The van der Waals surface area contributed by atoms with Crippen LogP contribution in [0.15, 0.2) is 18.2 Å². The van der Waals surface area contributed by atoms with Crippen molar-refractivity contribution in [3.8, 4) is 0 Å². The van der Waals surface area contributed by atoms with E-state index in [1.165, 1.54) is 4.90 Å². The topological polar surface area (TPSA) is 105 Å². The van der Waals surface area contributed by atoms with Crippen molar-refractivity contribution in [2.75, 3.05) is 6.54 Å². The molecule has 2 aliphatic rings. The summed E-state index contributed by atoms with van der Waals surface area (Å²) in [5, 5.41) is 5.14. The lowest BCUT2D eigenvalue weighted by Gasteiger charge is -2.29. The molecule has 4 N–H and O–H groups in total. The average Bonchev–Trinajstić information content (AvgIpc) is 2.91. The van der Waals surface area contributed by atoms with Gasteiger partial charge in [0, 0.05) is 37.7 Å². The summed E-state index contributed by atoms with van der Waals surface area (Å²) < 4.78 is 37.1. The van der Waals surface area contributed by atoms with Crippen molar-refractivity contribution in [1.82, 2.24) is 15.5 Å². The second kappa shape index (κ2) is 7.88. The maximum Gasteiger partial charge on any atom is 0.390 e. The molecule has 2 atom stereocenters. The van der Waals surface area contributed by atoms with Crippen molar-refractivity contribution in [3.63, 3.8) is 0 Å². The summed E-state index contributed by atoms with van der Waals surface area (Å²) >= 11 is 0. The van der Waals surface area contributed by atoms with E-state index < -0.39 is 30.6 Å². The van der Waals surface area contributed by atoms with Crippen molar-refractivity contribution < 1.29 is 27.6 Å². The quantitative estimate of drug-likeness (QED) is 0.616. The van der Waals surface area contributed by atoms with E-state index in [9.17, 15) is 27.6 Å². The number of amides is 3. The van der Waals surface area contributed by atoms with Gasteiger partial charge in [0.1, 0.15) is 6.04 Å². The van der Waals surface area contributed by atoms with Gasteiger partial charge in [-0.3, -0.25) is 19.7 Å². The fourth-order valence-corrected chi connectivity index (χ4v) is 3.58. The van der Waals surface area contributed by atoms with Crippen molar-refractivity contribution in [2.45, 2.75) is 50.6 Å². The zero-order valence-corrected chi connectivity index (χ0v) is 15.0. The Morgan fingerprint density at radius 3 is 2.71 bits per heavy atom. The van der Waals surface area contributed by atoms with E-state index in [0.717, 1.165) is 11.1 Å². The van der Waals surface area contributed by atoms with E-state index >= 15 is 0 Å². The normalized spacial score (nSPS) is 20.9. The zero-order valence-electron chi connectivity index (χ0n) is 15.0. The largest absolute Gasteiger partial charge is 0.390 e. The number of rotatable bonds is 6. The van der Waals surface area contributed by atoms with Gasteiger partial charge in [0.05, 0.1) is 6.42 Å². The highest BCUT2D eigenvalue weighted by Gasteiger charge is 2.39. The number of hydrogen-bond acceptors (Lipinski definition) is 5. The first-order valence-electron chi connectivity index (χ1n) is 8.94. The highest BCUT2D eigenvalue weighted by molar-refractivity contribution is 6.05. The predicted octanol–water partition coefficient (Wildman–Crippen LogP) is 0.817. The number of nitrogens with one attached hydrogen (secondary N) is 2. The molecule has 7 nitrogen and oxygen atoms in total. The standard InChI is InChI=1S/C18H21F3N4O3/c19-18(20,21)6-11(22)8-23-7-10-2-1-3-12-13(10)9-25(17(12)28)14-4-5-15(26)24-16(14)27/h1-3,11,14,23H,4-9,22H2,(H,24,26,27). The maximum absolute atomic E-state index is 12.7. The summed E-state index contributed by atoms with van der Waals surface area (Å²) in [5.41, 5.74) is 7.44. The molecule has 28 heavy (non-hydrogen) atoms. The molecule has 0 aliphatic carbocycles. The van der Waals surface area contributed by atoms with E-state index in [0.29, 0.717) is 5.56 Å². The molecule has 0 bridgehead atoms. The zero-order chi connectivity index (χ0) is 20.5. The third-order valence-corrected chi connectivity index (χ3v) is 4.89. The lowest BCUT2D eigenvalue weighted by atomic mass is 10.0. The molecule has 3 amide bonds. The van der Waals surface area contributed by atoms with Gasteiger partial charge in [-0.05, 0) is 23.6 Å². The second-order valence-corrected chi connectivity index (χ2v) is 7.05. The number of halogens is 3. The van der Waals surface area contributed by atoms with Gasteiger partial charge in [-0.15, -0.1) is 0 Å². The van der Waals surface area contributed by atoms with E-state index in [2.05, 4.69) is 10.6 Å². The van der Waals surface area contributed by atoms with Crippen molar-refractivity contribution in [1.29, 1.82) is 0 Å². The summed E-state index contributed by atoms with van der Waals surface area (Å²) in [5.74, 6) is -1.14. The number of nitrogens with zero attached hydrogens (tertiary/aromatic N) is 1. The van der Waals surface area contributed by atoms with Gasteiger partial charge in [0.25, 0.3) is 5.91 Å². The first-order valence-corrected chi connectivity index (χ1v) is 8.94. The molecule has 2 unspecified atom stereocenters. The first-order chi connectivity index (χ1) is 13.2. The van der Waals surface area contributed by atoms with Gasteiger partial charge >= 0.3 is 6.18 Å². The molecule has 0 saturated carbocycles. The summed E-state index contributed by atoms with van der Waals surface area (Å²) in [6.07, 6.45) is -4.95.